The average molecular weight is 298 g/mol. The first-order chi connectivity index (χ1) is 10.2. The molecule has 5 nitrogen and oxygen atoms in total. The van der Waals surface area contributed by atoms with Gasteiger partial charge in [0.05, 0.1) is 19.3 Å². The fourth-order valence-electron chi connectivity index (χ4n) is 3.42. The number of rotatable bonds is 6. The van der Waals surface area contributed by atoms with Gasteiger partial charge in [0, 0.05) is 38.6 Å². The Kier molecular flexibility index (Phi) is 6.93. The molecule has 0 bridgehead atoms. The molecule has 0 aromatic carbocycles. The molecule has 1 atom stereocenters. The molecule has 122 valence electrons. The van der Waals surface area contributed by atoms with Crippen LogP contribution in [0.4, 0.5) is 0 Å². The van der Waals surface area contributed by atoms with Crippen molar-refractivity contribution in [3.05, 3.63) is 0 Å². The normalized spacial score (nSPS) is 22.5. The summed E-state index contributed by atoms with van der Waals surface area (Å²) in [5.74, 6) is 0.227. The lowest BCUT2D eigenvalue weighted by Crippen LogP contribution is -2.45. The van der Waals surface area contributed by atoms with Gasteiger partial charge in [-0.1, -0.05) is 19.3 Å². The van der Waals surface area contributed by atoms with E-state index < -0.39 is 0 Å². The molecule has 1 N–H and O–H groups in total. The first-order valence-corrected chi connectivity index (χ1v) is 8.44. The van der Waals surface area contributed by atoms with Crippen LogP contribution in [0.3, 0.4) is 0 Å². The summed E-state index contributed by atoms with van der Waals surface area (Å²) in [6.07, 6.45) is 6.52. The second-order valence-corrected chi connectivity index (χ2v) is 6.38. The highest BCUT2D eigenvalue weighted by Crippen LogP contribution is 2.23. The molecule has 2 rings (SSSR count). The maximum absolute atomic E-state index is 12.3. The second-order valence-electron chi connectivity index (χ2n) is 6.38. The van der Waals surface area contributed by atoms with Crippen LogP contribution in [0.2, 0.25) is 0 Å². The van der Waals surface area contributed by atoms with E-state index >= 15 is 0 Å². The Morgan fingerprint density at radius 2 is 1.95 bits per heavy atom. The van der Waals surface area contributed by atoms with Gasteiger partial charge in [0.1, 0.15) is 0 Å². The molecule has 0 spiro atoms. The van der Waals surface area contributed by atoms with E-state index in [-0.39, 0.29) is 12.0 Å². The third kappa shape index (κ3) is 5.57. The molecule has 0 aromatic rings. The number of amides is 1. The van der Waals surface area contributed by atoms with E-state index in [4.69, 9.17) is 4.74 Å². The van der Waals surface area contributed by atoms with Crippen molar-refractivity contribution in [3.63, 3.8) is 0 Å². The Morgan fingerprint density at radius 3 is 2.57 bits per heavy atom. The zero-order valence-electron chi connectivity index (χ0n) is 13.3. The Hall–Kier alpha value is -0.650. The van der Waals surface area contributed by atoms with Crippen LogP contribution in [0.1, 0.15) is 45.4 Å². The van der Waals surface area contributed by atoms with Crippen LogP contribution >= 0.6 is 0 Å². The van der Waals surface area contributed by atoms with Crippen molar-refractivity contribution in [2.24, 2.45) is 0 Å². The molecular formula is C16H30N2O3. The van der Waals surface area contributed by atoms with Crippen molar-refractivity contribution in [1.82, 2.24) is 9.80 Å². The highest BCUT2D eigenvalue weighted by atomic mass is 16.5. The van der Waals surface area contributed by atoms with Gasteiger partial charge in [-0.3, -0.25) is 9.69 Å². The third-order valence-electron chi connectivity index (χ3n) is 4.57. The van der Waals surface area contributed by atoms with Crippen LogP contribution < -0.4 is 0 Å². The lowest BCUT2D eigenvalue weighted by Gasteiger charge is -2.35. The monoisotopic (exact) mass is 298 g/mol. The first kappa shape index (κ1) is 16.7. The maximum Gasteiger partial charge on any atom is 0.224 e. The van der Waals surface area contributed by atoms with Gasteiger partial charge in [-0.25, -0.2) is 0 Å². The Morgan fingerprint density at radius 1 is 1.29 bits per heavy atom. The van der Waals surface area contributed by atoms with E-state index in [1.54, 1.807) is 0 Å². The highest BCUT2D eigenvalue weighted by molar-refractivity contribution is 5.76. The lowest BCUT2D eigenvalue weighted by atomic mass is 9.94. The standard InChI is InChI=1S/C16H30N2O3/c1-14(19)13-18(15-5-3-2-4-6-15)8-7-16(20)17-9-11-21-12-10-17/h14-15,19H,2-13H2,1H3. The van der Waals surface area contributed by atoms with E-state index in [1.807, 2.05) is 11.8 Å². The van der Waals surface area contributed by atoms with Crippen molar-refractivity contribution in [3.8, 4) is 0 Å². The summed E-state index contributed by atoms with van der Waals surface area (Å²) in [5, 5.41) is 9.71. The summed E-state index contributed by atoms with van der Waals surface area (Å²) in [7, 11) is 0. The topological polar surface area (TPSA) is 53.0 Å². The fraction of sp³-hybridized carbons (Fsp3) is 0.938. The van der Waals surface area contributed by atoms with Crippen LogP contribution in [0.25, 0.3) is 0 Å². The molecule has 1 aliphatic heterocycles. The van der Waals surface area contributed by atoms with Gasteiger partial charge in [-0.15, -0.1) is 0 Å². The minimum absolute atomic E-state index is 0.227. The predicted octanol–water partition coefficient (Wildman–Crippen LogP) is 1.25. The van der Waals surface area contributed by atoms with Gasteiger partial charge in [0.2, 0.25) is 5.91 Å². The number of aliphatic hydroxyl groups excluding tert-OH is 1. The van der Waals surface area contributed by atoms with Crippen molar-refractivity contribution < 1.29 is 14.6 Å². The number of hydrogen-bond acceptors (Lipinski definition) is 4. The number of carbonyl (C=O) groups is 1. The Bertz CT molecular complexity index is 311. The minimum atomic E-state index is -0.328. The minimum Gasteiger partial charge on any atom is -0.392 e. The maximum atomic E-state index is 12.3. The molecule has 1 amide bonds. The molecule has 2 fully saturated rings. The summed E-state index contributed by atoms with van der Waals surface area (Å²) in [5.41, 5.74) is 0. The third-order valence-corrected chi connectivity index (χ3v) is 4.57. The first-order valence-electron chi connectivity index (χ1n) is 8.44. The van der Waals surface area contributed by atoms with Gasteiger partial charge < -0.3 is 14.7 Å². The molecule has 1 heterocycles. The van der Waals surface area contributed by atoms with E-state index in [0.29, 0.717) is 32.2 Å². The van der Waals surface area contributed by atoms with Crippen LogP contribution in [-0.2, 0) is 9.53 Å². The zero-order chi connectivity index (χ0) is 15.1. The van der Waals surface area contributed by atoms with Crippen LogP contribution in [-0.4, -0.2) is 72.4 Å². The molecule has 0 radical (unpaired) electrons. The molecular weight excluding hydrogens is 268 g/mol. The quantitative estimate of drug-likeness (QED) is 0.802. The zero-order valence-corrected chi connectivity index (χ0v) is 13.3. The largest absolute Gasteiger partial charge is 0.392 e. The average Bonchev–Trinajstić information content (AvgIpc) is 2.52. The number of aliphatic hydroxyl groups is 1. The Labute approximate surface area is 128 Å². The summed E-state index contributed by atoms with van der Waals surface area (Å²) < 4.78 is 5.29. The number of ether oxygens (including phenoxy) is 1. The smallest absolute Gasteiger partial charge is 0.224 e. The lowest BCUT2D eigenvalue weighted by molar-refractivity contribution is -0.135. The molecule has 0 aromatic heterocycles. The number of carbonyl (C=O) groups excluding carboxylic acids is 1. The molecule has 1 unspecified atom stereocenters. The van der Waals surface area contributed by atoms with Gasteiger partial charge in [-0.05, 0) is 19.8 Å². The summed E-state index contributed by atoms with van der Waals surface area (Å²) in [4.78, 5) is 16.5. The van der Waals surface area contributed by atoms with Crippen molar-refractivity contribution >= 4 is 5.91 Å². The number of morpholine rings is 1. The second kappa shape index (κ2) is 8.71. The van der Waals surface area contributed by atoms with Crippen LogP contribution in [0, 0.1) is 0 Å². The predicted molar refractivity (Wildman–Crippen MR) is 82.1 cm³/mol. The summed E-state index contributed by atoms with van der Waals surface area (Å²) >= 11 is 0. The summed E-state index contributed by atoms with van der Waals surface area (Å²) in [6, 6.07) is 0.547. The van der Waals surface area contributed by atoms with E-state index in [9.17, 15) is 9.90 Å². The number of hydrogen-bond donors (Lipinski definition) is 1. The van der Waals surface area contributed by atoms with Crippen molar-refractivity contribution in [2.75, 3.05) is 39.4 Å². The van der Waals surface area contributed by atoms with Crippen molar-refractivity contribution in [2.45, 2.75) is 57.6 Å². The number of nitrogens with zero attached hydrogens (tertiary/aromatic N) is 2. The molecule has 1 aliphatic carbocycles. The van der Waals surface area contributed by atoms with E-state index in [2.05, 4.69) is 4.90 Å². The van der Waals surface area contributed by atoms with Crippen LogP contribution in [0.15, 0.2) is 0 Å². The van der Waals surface area contributed by atoms with Gasteiger partial charge in [0.15, 0.2) is 0 Å². The van der Waals surface area contributed by atoms with Gasteiger partial charge in [-0.2, -0.15) is 0 Å². The van der Waals surface area contributed by atoms with E-state index in [1.165, 1.54) is 32.1 Å². The van der Waals surface area contributed by atoms with Crippen LogP contribution in [0.5, 0.6) is 0 Å². The summed E-state index contributed by atoms with van der Waals surface area (Å²) in [6.45, 7) is 6.04. The highest BCUT2D eigenvalue weighted by Gasteiger charge is 2.24. The SMILES string of the molecule is CC(O)CN(CCC(=O)N1CCOCC1)C1CCCCC1. The molecule has 5 heteroatoms. The van der Waals surface area contributed by atoms with Crippen molar-refractivity contribution in [1.29, 1.82) is 0 Å². The van der Waals surface area contributed by atoms with Gasteiger partial charge in [0.25, 0.3) is 0 Å². The molecule has 21 heavy (non-hydrogen) atoms. The Balaban J connectivity index is 1.81. The molecule has 1 saturated heterocycles. The molecule has 2 aliphatic rings. The molecule has 1 saturated carbocycles. The fourth-order valence-corrected chi connectivity index (χ4v) is 3.42. The van der Waals surface area contributed by atoms with E-state index in [0.717, 1.165) is 19.6 Å². The van der Waals surface area contributed by atoms with Gasteiger partial charge >= 0.3 is 0 Å².